The second-order valence-corrected chi connectivity index (χ2v) is 7.69. The van der Waals surface area contributed by atoms with Crippen LogP contribution in [0.25, 0.3) is 11.3 Å². The molecule has 2 fully saturated rings. The number of nitrogens with one attached hydrogen (secondary N) is 1. The van der Waals surface area contributed by atoms with E-state index in [0.717, 1.165) is 18.9 Å². The minimum atomic E-state index is -1.36. The average molecular weight is 408 g/mol. The van der Waals surface area contributed by atoms with Crippen molar-refractivity contribution >= 4 is 5.82 Å². The summed E-state index contributed by atoms with van der Waals surface area (Å²) in [7, 11) is 1.58. The van der Waals surface area contributed by atoms with Gasteiger partial charge in [0.25, 0.3) is 0 Å². The van der Waals surface area contributed by atoms with Crippen LogP contribution in [0.5, 0.6) is 0 Å². The van der Waals surface area contributed by atoms with Gasteiger partial charge in [0.15, 0.2) is 11.6 Å². The van der Waals surface area contributed by atoms with E-state index < -0.39 is 23.9 Å². The van der Waals surface area contributed by atoms with Gasteiger partial charge in [-0.3, -0.25) is 0 Å². The number of hydrogen-bond acceptors (Lipinski definition) is 5. The van der Waals surface area contributed by atoms with Gasteiger partial charge in [0.1, 0.15) is 11.6 Å². The first-order valence-electron chi connectivity index (χ1n) is 10.8. The van der Waals surface area contributed by atoms with E-state index in [2.05, 4.69) is 15.5 Å². The molecule has 1 aromatic heterocycles. The highest BCUT2D eigenvalue weighted by molar-refractivity contribution is 5.60. The van der Waals surface area contributed by atoms with Crippen LogP contribution >= 0.6 is 0 Å². The number of nitrogens with zero attached hydrogens (tertiary/aromatic N) is 3. The van der Waals surface area contributed by atoms with Gasteiger partial charge in [-0.2, -0.15) is 0 Å². The molecule has 156 valence electrons. The summed E-state index contributed by atoms with van der Waals surface area (Å²) in [6.45, 7) is 0.462. The number of fused-ring (bicyclic) bond motifs is 1. The van der Waals surface area contributed by atoms with Crippen LogP contribution < -0.4 is 5.32 Å². The predicted molar refractivity (Wildman–Crippen MR) is 104 cm³/mol. The fourth-order valence-corrected chi connectivity index (χ4v) is 4.36. The van der Waals surface area contributed by atoms with Crippen molar-refractivity contribution in [2.45, 2.75) is 25.3 Å². The van der Waals surface area contributed by atoms with E-state index in [4.69, 9.17) is 7.48 Å². The van der Waals surface area contributed by atoms with E-state index in [1.165, 1.54) is 6.07 Å². The molecular weight excluding hydrogens is 381 g/mol. The molecule has 0 spiro atoms. The van der Waals surface area contributed by atoms with Crippen LogP contribution in [-0.2, 0) is 4.74 Å². The highest BCUT2D eigenvalue weighted by Gasteiger charge is 2.40. The maximum absolute atomic E-state index is 13.9. The number of ether oxygens (including phenoxy) is 1. The normalized spacial score (nSPS) is 25.6. The van der Waals surface area contributed by atoms with Gasteiger partial charge < -0.3 is 15.0 Å². The molecule has 2 aromatic rings. The number of rotatable bonds is 7. The Kier molecular flexibility index (Phi) is 5.28. The molecule has 1 saturated carbocycles. The quantitative estimate of drug-likeness (QED) is 0.708. The maximum atomic E-state index is 13.9. The van der Waals surface area contributed by atoms with E-state index in [9.17, 15) is 13.2 Å². The number of aromatic nitrogens is 2. The molecule has 2 heterocycles. The Balaban J connectivity index is 1.35. The molecule has 1 saturated heterocycles. The summed E-state index contributed by atoms with van der Waals surface area (Å²) in [6, 6.07) is 4.67. The van der Waals surface area contributed by atoms with Crippen LogP contribution in [0.15, 0.2) is 24.3 Å². The molecule has 3 atom stereocenters. The first-order chi connectivity index (χ1) is 14.8. The Hall–Kier alpha value is -2.19. The molecule has 1 aliphatic heterocycles. The maximum Gasteiger partial charge on any atom is 0.168 e. The van der Waals surface area contributed by atoms with Crippen LogP contribution in [0.3, 0.4) is 0 Å². The van der Waals surface area contributed by atoms with Gasteiger partial charge in [-0.05, 0) is 49.3 Å². The lowest BCUT2D eigenvalue weighted by Crippen LogP contribution is -2.26. The lowest BCUT2D eigenvalue weighted by atomic mass is 10.0. The molecule has 29 heavy (non-hydrogen) atoms. The number of benzene rings is 1. The van der Waals surface area contributed by atoms with Crippen molar-refractivity contribution in [2.24, 2.45) is 11.8 Å². The van der Waals surface area contributed by atoms with Crippen molar-refractivity contribution in [2.75, 3.05) is 38.6 Å². The molecule has 2 aliphatic rings. The minimum Gasteiger partial charge on any atom is -0.385 e. The monoisotopic (exact) mass is 408 g/mol. The molecule has 1 unspecified atom stereocenters. The molecule has 1 N–H and O–H groups in total. The van der Waals surface area contributed by atoms with Crippen molar-refractivity contribution in [1.29, 1.82) is 0 Å². The van der Waals surface area contributed by atoms with E-state index in [-0.39, 0.29) is 17.3 Å². The number of likely N-dealkylation sites (tertiary alicyclic amines) is 1. The Morgan fingerprint density at radius 1 is 1.17 bits per heavy atom. The van der Waals surface area contributed by atoms with Crippen molar-refractivity contribution in [3.05, 3.63) is 41.7 Å². The highest BCUT2D eigenvalue weighted by Crippen LogP contribution is 2.39. The third-order valence-electron chi connectivity index (χ3n) is 5.68. The summed E-state index contributed by atoms with van der Waals surface area (Å²) >= 11 is 0. The zero-order chi connectivity index (χ0) is 22.2. The molecule has 4 rings (SSSR count). The lowest BCUT2D eigenvalue weighted by molar-refractivity contribution is 0.177. The third-order valence-corrected chi connectivity index (χ3v) is 5.68. The Morgan fingerprint density at radius 3 is 2.59 bits per heavy atom. The molecule has 0 radical (unpaired) electrons. The average Bonchev–Trinajstić information content (AvgIpc) is 3.29. The van der Waals surface area contributed by atoms with Crippen molar-refractivity contribution < 1.29 is 20.6 Å². The van der Waals surface area contributed by atoms with Gasteiger partial charge in [0.2, 0.25) is 0 Å². The number of halogens is 3. The summed E-state index contributed by atoms with van der Waals surface area (Å²) in [4.78, 5) is 1.92. The topological polar surface area (TPSA) is 50.3 Å². The van der Waals surface area contributed by atoms with Gasteiger partial charge in [0.05, 0.1) is 5.69 Å². The summed E-state index contributed by atoms with van der Waals surface area (Å²) in [6.07, 6.45) is 2.14. The van der Waals surface area contributed by atoms with E-state index in [1.807, 2.05) is 4.90 Å². The van der Waals surface area contributed by atoms with E-state index in [1.54, 1.807) is 13.2 Å². The lowest BCUT2D eigenvalue weighted by Gasteiger charge is -2.19. The van der Waals surface area contributed by atoms with Gasteiger partial charge in [-0.15, -0.1) is 10.2 Å². The summed E-state index contributed by atoms with van der Waals surface area (Å²) in [5.41, 5.74) is -0.214. The SMILES string of the molecule is [2H]C([2H])(CCOC)N1C[C@H]2CC(Nc3ccc(-c4cc(F)cc(F)c4F)nn3)C[C@H]2C1. The number of anilines is 1. The van der Waals surface area contributed by atoms with Gasteiger partial charge in [0, 0.05) is 53.7 Å². The molecule has 5 nitrogen and oxygen atoms in total. The molecule has 1 aromatic carbocycles. The fraction of sp³-hybridized carbons (Fsp3) is 0.524. The number of hydrogen-bond donors (Lipinski definition) is 1. The summed E-state index contributed by atoms with van der Waals surface area (Å²) in [5, 5.41) is 11.3. The Morgan fingerprint density at radius 2 is 1.93 bits per heavy atom. The molecule has 0 bridgehead atoms. The van der Waals surface area contributed by atoms with E-state index >= 15 is 0 Å². The zero-order valence-electron chi connectivity index (χ0n) is 18.2. The second kappa shape index (κ2) is 8.67. The van der Waals surface area contributed by atoms with Crippen molar-refractivity contribution in [3.63, 3.8) is 0 Å². The fourth-order valence-electron chi connectivity index (χ4n) is 4.36. The zero-order valence-corrected chi connectivity index (χ0v) is 16.2. The Labute approximate surface area is 171 Å². The molecule has 0 amide bonds. The molecular formula is C21H25F3N4O. The predicted octanol–water partition coefficient (Wildman–Crippen LogP) is 3.72. The van der Waals surface area contributed by atoms with Crippen LogP contribution in [0.1, 0.15) is 22.0 Å². The molecule has 1 aliphatic carbocycles. The third kappa shape index (κ3) is 4.53. The van der Waals surface area contributed by atoms with Crippen molar-refractivity contribution in [3.8, 4) is 11.3 Å². The van der Waals surface area contributed by atoms with Gasteiger partial charge >= 0.3 is 0 Å². The Bertz CT molecular complexity index is 918. The standard InChI is InChI=1S/C21H25F3N4O/c1-29-6-2-5-28-11-13-7-16(8-14(13)12-28)25-20-4-3-19(26-27-20)17-9-15(22)10-18(23)21(17)24/h3-4,9-10,13-14,16H,2,5-8,11-12H2,1H3,(H,25,27)/t13-,14+,16?/i5D2. The second-order valence-electron chi connectivity index (χ2n) is 7.69. The summed E-state index contributed by atoms with van der Waals surface area (Å²) in [5.74, 6) is -1.97. The first-order valence-corrected chi connectivity index (χ1v) is 9.76. The molecule has 8 heteroatoms. The van der Waals surface area contributed by atoms with Crippen LogP contribution in [0, 0.1) is 29.3 Å². The van der Waals surface area contributed by atoms with Crippen LogP contribution in [0.2, 0.25) is 0 Å². The summed E-state index contributed by atoms with van der Waals surface area (Å²) < 4.78 is 62.4. The van der Waals surface area contributed by atoms with Crippen LogP contribution in [-0.4, -0.2) is 54.4 Å². The van der Waals surface area contributed by atoms with E-state index in [0.29, 0.717) is 49.8 Å². The highest BCUT2D eigenvalue weighted by atomic mass is 19.2. The first kappa shape index (κ1) is 17.7. The number of methoxy groups -OCH3 is 1. The smallest absolute Gasteiger partial charge is 0.168 e. The minimum absolute atomic E-state index is 0.0543. The van der Waals surface area contributed by atoms with Gasteiger partial charge in [-0.25, -0.2) is 13.2 Å². The van der Waals surface area contributed by atoms with Crippen molar-refractivity contribution in [1.82, 2.24) is 15.1 Å². The largest absolute Gasteiger partial charge is 0.385 e. The van der Waals surface area contributed by atoms with Gasteiger partial charge in [-0.1, -0.05) is 0 Å². The van der Waals surface area contributed by atoms with Crippen LogP contribution in [0.4, 0.5) is 19.0 Å².